The van der Waals surface area contributed by atoms with Gasteiger partial charge >= 0.3 is 0 Å². The number of nitrogens with one attached hydrogen (secondary N) is 2. The van der Waals surface area contributed by atoms with Gasteiger partial charge < -0.3 is 15.5 Å². The molecule has 0 atom stereocenters. The van der Waals surface area contributed by atoms with Gasteiger partial charge in [-0.15, -0.1) is 0 Å². The Morgan fingerprint density at radius 1 is 0.815 bits per heavy atom. The molecule has 1 aliphatic heterocycles. The zero-order valence-corrected chi connectivity index (χ0v) is 15.3. The molecule has 0 radical (unpaired) electrons. The molecule has 0 bridgehead atoms. The number of rotatable bonds is 4. The highest BCUT2D eigenvalue weighted by molar-refractivity contribution is 6.06. The van der Waals surface area contributed by atoms with E-state index in [2.05, 4.69) is 10.6 Å². The van der Waals surface area contributed by atoms with Crippen molar-refractivity contribution >= 4 is 29.1 Å². The average molecular weight is 365 g/mol. The molecule has 2 aromatic carbocycles. The topological polar surface area (TPSA) is 78.5 Å². The molecule has 0 saturated carbocycles. The standard InChI is InChI=1S/C21H23N3O3/c1-15(25)22-18-8-10-19(11-9-18)23-20(26)16-6-5-7-17(14-16)21(27)24-12-3-2-4-13-24/h5-11,14H,2-4,12-13H2,1H3,(H,22,25)(H,23,26). The van der Waals surface area contributed by atoms with Crippen molar-refractivity contribution in [2.45, 2.75) is 26.2 Å². The molecule has 3 rings (SSSR count). The molecule has 0 aromatic heterocycles. The van der Waals surface area contributed by atoms with Crippen LogP contribution in [0.25, 0.3) is 0 Å². The number of benzene rings is 2. The van der Waals surface area contributed by atoms with Crippen molar-refractivity contribution in [3.63, 3.8) is 0 Å². The number of piperidine rings is 1. The van der Waals surface area contributed by atoms with E-state index in [0.29, 0.717) is 22.5 Å². The van der Waals surface area contributed by atoms with Crippen molar-refractivity contribution < 1.29 is 14.4 Å². The molecule has 1 aliphatic rings. The molecule has 0 aliphatic carbocycles. The number of carbonyl (C=O) groups excluding carboxylic acids is 3. The van der Waals surface area contributed by atoms with Crippen LogP contribution in [0, 0.1) is 0 Å². The Morgan fingerprint density at radius 3 is 2.04 bits per heavy atom. The summed E-state index contributed by atoms with van der Waals surface area (Å²) in [6.07, 6.45) is 3.22. The minimum absolute atomic E-state index is 0.0241. The average Bonchev–Trinajstić information content (AvgIpc) is 2.69. The molecule has 6 heteroatoms. The van der Waals surface area contributed by atoms with E-state index in [1.807, 2.05) is 4.90 Å². The molecular weight excluding hydrogens is 342 g/mol. The largest absolute Gasteiger partial charge is 0.339 e. The van der Waals surface area contributed by atoms with Gasteiger partial charge in [-0.05, 0) is 61.7 Å². The van der Waals surface area contributed by atoms with Crippen LogP contribution in [0.2, 0.25) is 0 Å². The van der Waals surface area contributed by atoms with Crippen LogP contribution in [0.15, 0.2) is 48.5 Å². The highest BCUT2D eigenvalue weighted by Crippen LogP contribution is 2.17. The van der Waals surface area contributed by atoms with Gasteiger partial charge in [-0.25, -0.2) is 0 Å². The monoisotopic (exact) mass is 365 g/mol. The molecule has 3 amide bonds. The van der Waals surface area contributed by atoms with Gasteiger partial charge in [0.25, 0.3) is 11.8 Å². The van der Waals surface area contributed by atoms with Gasteiger partial charge in [-0.3, -0.25) is 14.4 Å². The van der Waals surface area contributed by atoms with E-state index < -0.39 is 0 Å². The van der Waals surface area contributed by atoms with E-state index in [4.69, 9.17) is 0 Å². The fourth-order valence-corrected chi connectivity index (χ4v) is 3.12. The summed E-state index contributed by atoms with van der Waals surface area (Å²) in [5, 5.41) is 5.48. The van der Waals surface area contributed by atoms with Crippen LogP contribution in [0.3, 0.4) is 0 Å². The van der Waals surface area contributed by atoms with Crippen molar-refractivity contribution in [2.24, 2.45) is 0 Å². The Balaban J connectivity index is 1.68. The molecule has 1 heterocycles. The minimum Gasteiger partial charge on any atom is -0.339 e. The Hall–Kier alpha value is -3.15. The summed E-state index contributed by atoms with van der Waals surface area (Å²) in [7, 11) is 0. The molecule has 2 N–H and O–H groups in total. The van der Waals surface area contributed by atoms with Crippen molar-refractivity contribution in [3.8, 4) is 0 Å². The Kier molecular flexibility index (Phi) is 5.86. The quantitative estimate of drug-likeness (QED) is 0.870. The molecule has 1 fully saturated rings. The number of amides is 3. The van der Waals surface area contributed by atoms with Crippen LogP contribution >= 0.6 is 0 Å². The third-order valence-electron chi connectivity index (χ3n) is 4.48. The van der Waals surface area contributed by atoms with Crippen LogP contribution < -0.4 is 10.6 Å². The summed E-state index contributed by atoms with van der Waals surface area (Å²) in [6.45, 7) is 2.99. The predicted octanol–water partition coefficient (Wildman–Crippen LogP) is 3.52. The van der Waals surface area contributed by atoms with Crippen molar-refractivity contribution in [2.75, 3.05) is 23.7 Å². The lowest BCUT2D eigenvalue weighted by Gasteiger charge is -2.26. The molecule has 0 unspecified atom stereocenters. The minimum atomic E-state index is -0.282. The Morgan fingerprint density at radius 2 is 1.41 bits per heavy atom. The first-order chi connectivity index (χ1) is 13.0. The maximum atomic E-state index is 12.6. The normalized spacial score (nSPS) is 13.7. The predicted molar refractivity (Wildman–Crippen MR) is 105 cm³/mol. The van der Waals surface area contributed by atoms with E-state index >= 15 is 0 Å². The first-order valence-corrected chi connectivity index (χ1v) is 9.11. The SMILES string of the molecule is CC(=O)Nc1ccc(NC(=O)c2cccc(C(=O)N3CCCCC3)c2)cc1. The summed E-state index contributed by atoms with van der Waals surface area (Å²) < 4.78 is 0. The van der Waals surface area contributed by atoms with Crippen molar-refractivity contribution in [1.29, 1.82) is 0 Å². The van der Waals surface area contributed by atoms with Crippen LogP contribution in [0.1, 0.15) is 46.9 Å². The lowest BCUT2D eigenvalue weighted by molar-refractivity contribution is -0.114. The van der Waals surface area contributed by atoms with Crippen LogP contribution in [-0.2, 0) is 4.79 Å². The van der Waals surface area contributed by atoms with Crippen LogP contribution in [0.4, 0.5) is 11.4 Å². The second-order valence-corrected chi connectivity index (χ2v) is 6.65. The Bertz CT molecular complexity index is 840. The summed E-state index contributed by atoms with van der Waals surface area (Å²) >= 11 is 0. The van der Waals surface area contributed by atoms with Gasteiger partial charge in [-0.1, -0.05) is 6.07 Å². The maximum absolute atomic E-state index is 12.6. The lowest BCUT2D eigenvalue weighted by atomic mass is 10.1. The number of hydrogen-bond donors (Lipinski definition) is 2. The van der Waals surface area contributed by atoms with Crippen molar-refractivity contribution in [1.82, 2.24) is 4.90 Å². The molecule has 1 saturated heterocycles. The summed E-state index contributed by atoms with van der Waals surface area (Å²) in [5.74, 6) is -0.457. The molecule has 27 heavy (non-hydrogen) atoms. The third kappa shape index (κ3) is 4.94. The van der Waals surface area contributed by atoms with E-state index in [0.717, 1.165) is 32.4 Å². The summed E-state index contributed by atoms with van der Waals surface area (Å²) in [4.78, 5) is 38.0. The first kappa shape index (κ1) is 18.6. The van der Waals surface area contributed by atoms with E-state index in [9.17, 15) is 14.4 Å². The fourth-order valence-electron chi connectivity index (χ4n) is 3.12. The smallest absolute Gasteiger partial charge is 0.255 e. The second kappa shape index (κ2) is 8.49. The number of hydrogen-bond acceptors (Lipinski definition) is 3. The number of carbonyl (C=O) groups is 3. The van der Waals surface area contributed by atoms with E-state index in [-0.39, 0.29) is 17.7 Å². The number of anilines is 2. The van der Waals surface area contributed by atoms with E-state index in [1.54, 1.807) is 48.5 Å². The van der Waals surface area contributed by atoms with Gasteiger partial charge in [0.15, 0.2) is 0 Å². The second-order valence-electron chi connectivity index (χ2n) is 6.65. The van der Waals surface area contributed by atoms with Crippen molar-refractivity contribution in [3.05, 3.63) is 59.7 Å². The highest BCUT2D eigenvalue weighted by atomic mass is 16.2. The summed E-state index contributed by atoms with van der Waals surface area (Å²) in [6, 6.07) is 13.7. The number of likely N-dealkylation sites (tertiary alicyclic amines) is 1. The van der Waals surface area contributed by atoms with Gasteiger partial charge in [-0.2, -0.15) is 0 Å². The van der Waals surface area contributed by atoms with Gasteiger partial charge in [0, 0.05) is 42.5 Å². The number of nitrogens with zero attached hydrogens (tertiary/aromatic N) is 1. The van der Waals surface area contributed by atoms with Crippen LogP contribution in [-0.4, -0.2) is 35.7 Å². The van der Waals surface area contributed by atoms with Gasteiger partial charge in [0.05, 0.1) is 0 Å². The zero-order valence-electron chi connectivity index (χ0n) is 15.3. The lowest BCUT2D eigenvalue weighted by Crippen LogP contribution is -2.35. The Labute approximate surface area is 158 Å². The molecule has 140 valence electrons. The molecule has 0 spiro atoms. The highest BCUT2D eigenvalue weighted by Gasteiger charge is 2.19. The molecule has 6 nitrogen and oxygen atoms in total. The maximum Gasteiger partial charge on any atom is 0.255 e. The first-order valence-electron chi connectivity index (χ1n) is 9.11. The van der Waals surface area contributed by atoms with Crippen LogP contribution in [0.5, 0.6) is 0 Å². The van der Waals surface area contributed by atoms with Gasteiger partial charge in [0.1, 0.15) is 0 Å². The fraction of sp³-hybridized carbons (Fsp3) is 0.286. The third-order valence-corrected chi connectivity index (χ3v) is 4.48. The molecule has 2 aromatic rings. The van der Waals surface area contributed by atoms with Gasteiger partial charge in [0.2, 0.25) is 5.91 Å². The zero-order chi connectivity index (χ0) is 19.2. The molecular formula is C21H23N3O3. The van der Waals surface area contributed by atoms with E-state index in [1.165, 1.54) is 6.92 Å². The summed E-state index contributed by atoms with van der Waals surface area (Å²) in [5.41, 5.74) is 2.24.